The van der Waals surface area contributed by atoms with Crippen LogP contribution in [0.5, 0.6) is 0 Å². The van der Waals surface area contributed by atoms with E-state index in [0.717, 1.165) is 6.42 Å². The van der Waals surface area contributed by atoms with Gasteiger partial charge in [-0.05, 0) is 61.1 Å². The zero-order valence-corrected chi connectivity index (χ0v) is 13.6. The summed E-state index contributed by atoms with van der Waals surface area (Å²) in [6, 6.07) is 7.28. The Bertz CT molecular complexity index is 399. The topological polar surface area (TPSA) is 26.0 Å². The molecule has 0 saturated carbocycles. The number of rotatable bonds is 5. The van der Waals surface area contributed by atoms with Crippen molar-refractivity contribution in [2.75, 3.05) is 0 Å². The van der Waals surface area contributed by atoms with Crippen molar-refractivity contribution >= 4 is 0 Å². The first-order chi connectivity index (χ1) is 8.75. The summed E-state index contributed by atoms with van der Waals surface area (Å²) >= 11 is 0. The molecule has 2 N–H and O–H groups in total. The average Bonchev–Trinajstić information content (AvgIpc) is 2.30. The van der Waals surface area contributed by atoms with Crippen LogP contribution >= 0.6 is 0 Å². The van der Waals surface area contributed by atoms with E-state index in [0.29, 0.717) is 12.0 Å². The average molecular weight is 261 g/mol. The Morgan fingerprint density at radius 1 is 1.16 bits per heavy atom. The van der Waals surface area contributed by atoms with Crippen LogP contribution in [0, 0.1) is 6.92 Å². The van der Waals surface area contributed by atoms with Gasteiger partial charge >= 0.3 is 0 Å². The van der Waals surface area contributed by atoms with E-state index >= 15 is 0 Å². The first-order valence-corrected chi connectivity index (χ1v) is 7.62. The molecule has 0 bridgehead atoms. The molecule has 0 radical (unpaired) electrons. The van der Waals surface area contributed by atoms with E-state index in [1.54, 1.807) is 0 Å². The molecule has 108 valence electrons. The molecule has 1 nitrogen and oxygen atoms in total. The van der Waals surface area contributed by atoms with Crippen molar-refractivity contribution in [3.63, 3.8) is 0 Å². The van der Waals surface area contributed by atoms with E-state index in [9.17, 15) is 0 Å². The Morgan fingerprint density at radius 3 is 2.26 bits per heavy atom. The maximum absolute atomic E-state index is 5.91. The second-order valence-electron chi connectivity index (χ2n) is 6.98. The van der Waals surface area contributed by atoms with Crippen LogP contribution in [0.4, 0.5) is 0 Å². The molecule has 19 heavy (non-hydrogen) atoms. The first kappa shape index (κ1) is 16.2. The van der Waals surface area contributed by atoms with Crippen LogP contribution in [0.15, 0.2) is 18.2 Å². The van der Waals surface area contributed by atoms with E-state index in [1.165, 1.54) is 29.5 Å². The minimum Gasteiger partial charge on any atom is -0.328 e. The molecule has 0 aliphatic heterocycles. The van der Waals surface area contributed by atoms with Gasteiger partial charge in [0.2, 0.25) is 0 Å². The van der Waals surface area contributed by atoms with Gasteiger partial charge in [0.25, 0.3) is 0 Å². The van der Waals surface area contributed by atoms with Crippen LogP contribution in [-0.4, -0.2) is 6.04 Å². The van der Waals surface area contributed by atoms with Crippen molar-refractivity contribution < 1.29 is 0 Å². The van der Waals surface area contributed by atoms with Crippen LogP contribution in [0.2, 0.25) is 0 Å². The highest BCUT2D eigenvalue weighted by Crippen LogP contribution is 2.32. The van der Waals surface area contributed by atoms with E-state index in [2.05, 4.69) is 59.7 Å². The third-order valence-electron chi connectivity index (χ3n) is 4.05. The fourth-order valence-corrected chi connectivity index (χ4v) is 2.59. The van der Waals surface area contributed by atoms with Gasteiger partial charge in [-0.1, -0.05) is 45.9 Å². The molecule has 0 saturated heterocycles. The summed E-state index contributed by atoms with van der Waals surface area (Å²) in [5, 5.41) is 0. The molecule has 1 aromatic rings. The van der Waals surface area contributed by atoms with E-state index in [4.69, 9.17) is 5.73 Å². The highest BCUT2D eigenvalue weighted by molar-refractivity contribution is 5.36. The summed E-state index contributed by atoms with van der Waals surface area (Å²) < 4.78 is 0. The summed E-state index contributed by atoms with van der Waals surface area (Å²) in [5.74, 6) is 0.647. The Hall–Kier alpha value is -0.820. The van der Waals surface area contributed by atoms with Crippen molar-refractivity contribution in [1.82, 2.24) is 0 Å². The highest BCUT2D eigenvalue weighted by atomic mass is 14.6. The fraction of sp³-hybridized carbons (Fsp3) is 0.667. The Balaban J connectivity index is 3.02. The third-order valence-corrected chi connectivity index (χ3v) is 4.05. The number of nitrogens with two attached hydrogens (primary N) is 1. The van der Waals surface area contributed by atoms with E-state index in [1.807, 2.05) is 0 Å². The maximum atomic E-state index is 5.91. The molecule has 0 fully saturated rings. The molecule has 0 aliphatic rings. The van der Waals surface area contributed by atoms with Gasteiger partial charge in [-0.2, -0.15) is 0 Å². The van der Waals surface area contributed by atoms with Crippen molar-refractivity contribution in [3.8, 4) is 0 Å². The van der Waals surface area contributed by atoms with Crippen molar-refractivity contribution in [2.24, 2.45) is 5.73 Å². The predicted molar refractivity (Wildman–Crippen MR) is 85.8 cm³/mol. The molecule has 1 aromatic carbocycles. The second-order valence-corrected chi connectivity index (χ2v) is 6.98. The molecule has 1 rings (SSSR count). The van der Waals surface area contributed by atoms with Gasteiger partial charge in [0.05, 0.1) is 0 Å². The van der Waals surface area contributed by atoms with Crippen molar-refractivity contribution in [1.29, 1.82) is 0 Å². The zero-order chi connectivity index (χ0) is 14.6. The van der Waals surface area contributed by atoms with Crippen LogP contribution in [0.25, 0.3) is 0 Å². The highest BCUT2D eigenvalue weighted by Gasteiger charge is 2.18. The molecule has 2 unspecified atom stereocenters. The number of hydrogen-bond donors (Lipinski definition) is 1. The first-order valence-electron chi connectivity index (χ1n) is 7.62. The molecule has 0 heterocycles. The lowest BCUT2D eigenvalue weighted by atomic mass is 9.81. The minimum atomic E-state index is 0.224. The largest absolute Gasteiger partial charge is 0.328 e. The summed E-state index contributed by atoms with van der Waals surface area (Å²) in [6.07, 6.45) is 3.50. The number of benzene rings is 1. The monoisotopic (exact) mass is 261 g/mol. The van der Waals surface area contributed by atoms with Crippen molar-refractivity contribution in [3.05, 3.63) is 34.9 Å². The van der Waals surface area contributed by atoms with E-state index in [-0.39, 0.29) is 5.41 Å². The van der Waals surface area contributed by atoms with Crippen LogP contribution in [0.1, 0.15) is 76.5 Å². The van der Waals surface area contributed by atoms with Gasteiger partial charge in [0.15, 0.2) is 0 Å². The Morgan fingerprint density at radius 2 is 1.79 bits per heavy atom. The van der Waals surface area contributed by atoms with Gasteiger partial charge in [-0.15, -0.1) is 0 Å². The van der Waals surface area contributed by atoms with Crippen LogP contribution < -0.4 is 5.73 Å². The third kappa shape index (κ3) is 4.65. The summed E-state index contributed by atoms with van der Waals surface area (Å²) in [4.78, 5) is 0. The van der Waals surface area contributed by atoms with Crippen LogP contribution in [-0.2, 0) is 5.41 Å². The van der Waals surface area contributed by atoms with Gasteiger partial charge < -0.3 is 5.73 Å². The lowest BCUT2D eigenvalue weighted by Gasteiger charge is -2.24. The maximum Gasteiger partial charge on any atom is 0.00106 e. The molecule has 0 amide bonds. The summed E-state index contributed by atoms with van der Waals surface area (Å²) in [7, 11) is 0. The summed E-state index contributed by atoms with van der Waals surface area (Å²) in [6.45, 7) is 13.5. The second kappa shape index (κ2) is 6.56. The van der Waals surface area contributed by atoms with Gasteiger partial charge in [0.1, 0.15) is 0 Å². The SMILES string of the molecule is CCC(CCC(C)N)c1cc(C(C)(C)C)ccc1C. The smallest absolute Gasteiger partial charge is 0.00106 e. The lowest BCUT2D eigenvalue weighted by molar-refractivity contribution is 0.527. The van der Waals surface area contributed by atoms with Crippen molar-refractivity contribution in [2.45, 2.75) is 78.2 Å². The molecule has 0 spiro atoms. The molecule has 0 aromatic heterocycles. The Kier molecular flexibility index (Phi) is 5.61. The van der Waals surface area contributed by atoms with Crippen LogP contribution in [0.3, 0.4) is 0 Å². The molecule has 2 atom stereocenters. The molecule has 1 heteroatoms. The molecular weight excluding hydrogens is 230 g/mol. The standard InChI is InChI=1S/C18H31N/c1-7-15(10-9-14(3)19)17-12-16(18(4,5)6)11-8-13(17)2/h8,11-12,14-15H,7,9-10,19H2,1-6H3. The predicted octanol–water partition coefficient (Wildman–Crippen LogP) is 4.91. The van der Waals surface area contributed by atoms with E-state index < -0.39 is 0 Å². The number of aryl methyl sites for hydroxylation is 1. The normalized spacial score (nSPS) is 15.3. The van der Waals surface area contributed by atoms with Gasteiger partial charge in [-0.3, -0.25) is 0 Å². The quantitative estimate of drug-likeness (QED) is 0.800. The number of hydrogen-bond acceptors (Lipinski definition) is 1. The lowest BCUT2D eigenvalue weighted by Crippen LogP contribution is -2.17. The fourth-order valence-electron chi connectivity index (χ4n) is 2.59. The minimum absolute atomic E-state index is 0.224. The van der Waals surface area contributed by atoms with Gasteiger partial charge in [-0.25, -0.2) is 0 Å². The zero-order valence-electron chi connectivity index (χ0n) is 13.6. The van der Waals surface area contributed by atoms with Gasteiger partial charge in [0, 0.05) is 6.04 Å². The Labute approximate surface area is 119 Å². The summed E-state index contributed by atoms with van der Waals surface area (Å²) in [5.41, 5.74) is 10.5. The molecular formula is C18H31N. The molecule has 0 aliphatic carbocycles.